The number of likely N-dealkylation sites (N-methyl/N-ethyl adjacent to an activating group) is 2. The third-order valence-electron chi connectivity index (χ3n) is 3.52. The van der Waals surface area contributed by atoms with Gasteiger partial charge in [-0.15, -0.1) is 0 Å². The molecule has 7 nitrogen and oxygen atoms in total. The van der Waals surface area contributed by atoms with Crippen LogP contribution in [0.25, 0.3) is 0 Å². The molecule has 1 aromatic rings. The molecule has 0 saturated carbocycles. The van der Waals surface area contributed by atoms with Crippen molar-refractivity contribution in [3.05, 3.63) is 35.9 Å². The highest BCUT2D eigenvalue weighted by atomic mass is 16.5. The molecule has 0 aliphatic heterocycles. The van der Waals surface area contributed by atoms with Crippen molar-refractivity contribution in [2.24, 2.45) is 0 Å². The number of hydrogen-bond acceptors (Lipinski definition) is 4. The van der Waals surface area contributed by atoms with Gasteiger partial charge in [-0.25, -0.2) is 4.79 Å². The van der Waals surface area contributed by atoms with Crippen molar-refractivity contribution in [2.75, 3.05) is 33.3 Å². The van der Waals surface area contributed by atoms with E-state index in [4.69, 9.17) is 0 Å². The number of alkyl carbamates (subject to hydrolysis) is 1. The minimum Gasteiger partial charge on any atom is -0.450 e. The Morgan fingerprint density at radius 2 is 1.79 bits per heavy atom. The molecule has 0 aliphatic rings. The molecule has 0 bridgehead atoms. The Kier molecular flexibility index (Phi) is 8.49. The zero-order valence-corrected chi connectivity index (χ0v) is 14.5. The topological polar surface area (TPSA) is 80.1 Å². The number of carbonyl (C=O) groups is 3. The van der Waals surface area contributed by atoms with E-state index in [1.165, 1.54) is 0 Å². The molecule has 0 fully saturated rings. The Labute approximate surface area is 142 Å². The lowest BCUT2D eigenvalue weighted by Gasteiger charge is -2.21. The molecule has 0 radical (unpaired) electrons. The second-order valence-corrected chi connectivity index (χ2v) is 5.46. The number of ether oxygens (including phenoxy) is 1. The molecular weight excluding hydrogens is 310 g/mol. The fraction of sp³-hybridized carbons (Fsp3) is 0.471. The maximum Gasteiger partial charge on any atom is 0.414 e. The number of nitrogens with one attached hydrogen (secondary N) is 2. The molecule has 1 aromatic carbocycles. The lowest BCUT2D eigenvalue weighted by molar-refractivity contribution is -0.882. The van der Waals surface area contributed by atoms with Crippen molar-refractivity contribution >= 4 is 17.9 Å². The van der Waals surface area contributed by atoms with E-state index in [2.05, 4.69) is 10.1 Å². The second kappa shape index (κ2) is 10.4. The second-order valence-electron chi connectivity index (χ2n) is 5.46. The minimum absolute atomic E-state index is 0.0419. The maximum atomic E-state index is 12.3. The number of nitrogens with zero attached hydrogens (tertiary/aromatic N) is 1. The number of imide groups is 1. The SMILES string of the molecule is CCOC(=O)NC(=O)C[NH+](CC)CC(=O)N(C)Cc1ccccc1. The van der Waals surface area contributed by atoms with Crippen molar-refractivity contribution in [3.63, 3.8) is 0 Å². The number of benzene rings is 1. The van der Waals surface area contributed by atoms with E-state index in [0.717, 1.165) is 10.5 Å². The summed E-state index contributed by atoms with van der Waals surface area (Å²) in [6.45, 7) is 5.10. The van der Waals surface area contributed by atoms with Gasteiger partial charge >= 0.3 is 6.09 Å². The molecule has 3 amide bonds. The van der Waals surface area contributed by atoms with Gasteiger partial charge in [0.05, 0.1) is 13.2 Å². The highest BCUT2D eigenvalue weighted by Gasteiger charge is 2.20. The molecule has 0 aromatic heterocycles. The Morgan fingerprint density at radius 1 is 1.12 bits per heavy atom. The van der Waals surface area contributed by atoms with Crippen LogP contribution in [0.5, 0.6) is 0 Å². The lowest BCUT2D eigenvalue weighted by atomic mass is 10.2. The maximum absolute atomic E-state index is 12.3. The highest BCUT2D eigenvalue weighted by Crippen LogP contribution is 2.02. The third kappa shape index (κ3) is 7.23. The van der Waals surface area contributed by atoms with Gasteiger partial charge in [0.2, 0.25) is 0 Å². The summed E-state index contributed by atoms with van der Waals surface area (Å²) in [5, 5.41) is 2.14. The highest BCUT2D eigenvalue weighted by molar-refractivity contribution is 5.92. The Hall–Kier alpha value is -2.41. The van der Waals surface area contributed by atoms with Crippen molar-refractivity contribution in [1.82, 2.24) is 10.2 Å². The fourth-order valence-corrected chi connectivity index (χ4v) is 2.16. The summed E-state index contributed by atoms with van der Waals surface area (Å²) >= 11 is 0. The molecular formula is C17H26N3O4+. The Bertz CT molecular complexity index is 548. The van der Waals surface area contributed by atoms with Gasteiger partial charge in [-0.1, -0.05) is 30.3 Å². The minimum atomic E-state index is -0.759. The standard InChI is InChI=1S/C17H25N3O4/c1-4-20(12-15(21)18-17(23)24-5-2)13-16(22)19(3)11-14-9-7-6-8-10-14/h6-10H,4-5,11-13H2,1-3H3,(H,18,21,23)/p+1. The van der Waals surface area contributed by atoms with Crippen LogP contribution in [-0.2, 0) is 20.9 Å². The summed E-state index contributed by atoms with van der Waals surface area (Å²) in [7, 11) is 1.74. The van der Waals surface area contributed by atoms with Gasteiger partial charge in [0, 0.05) is 13.6 Å². The van der Waals surface area contributed by atoms with Crippen LogP contribution in [-0.4, -0.2) is 56.1 Å². The summed E-state index contributed by atoms with van der Waals surface area (Å²) in [5.41, 5.74) is 1.05. The Balaban J connectivity index is 2.47. The zero-order valence-electron chi connectivity index (χ0n) is 14.5. The first-order valence-electron chi connectivity index (χ1n) is 8.04. The van der Waals surface area contributed by atoms with E-state index >= 15 is 0 Å². The van der Waals surface area contributed by atoms with E-state index in [1.54, 1.807) is 18.9 Å². The first kappa shape index (κ1) is 19.6. The Morgan fingerprint density at radius 3 is 2.38 bits per heavy atom. The molecule has 0 spiro atoms. The van der Waals surface area contributed by atoms with E-state index in [1.807, 2.05) is 37.3 Å². The molecule has 1 unspecified atom stereocenters. The molecule has 1 atom stereocenters. The van der Waals surface area contributed by atoms with Gasteiger partial charge in [0.15, 0.2) is 13.1 Å². The van der Waals surface area contributed by atoms with E-state index in [9.17, 15) is 14.4 Å². The van der Waals surface area contributed by atoms with Gasteiger partial charge in [-0.05, 0) is 19.4 Å². The quantitative estimate of drug-likeness (QED) is 0.690. The van der Waals surface area contributed by atoms with Crippen LogP contribution in [0.3, 0.4) is 0 Å². The van der Waals surface area contributed by atoms with Crippen LogP contribution in [0.1, 0.15) is 19.4 Å². The van der Waals surface area contributed by atoms with Gasteiger partial charge in [0.25, 0.3) is 11.8 Å². The van der Waals surface area contributed by atoms with Gasteiger partial charge in [-0.2, -0.15) is 0 Å². The van der Waals surface area contributed by atoms with E-state index in [-0.39, 0.29) is 25.6 Å². The summed E-state index contributed by atoms with van der Waals surface area (Å²) < 4.78 is 4.66. The average Bonchev–Trinajstić information content (AvgIpc) is 2.55. The molecule has 2 N–H and O–H groups in total. The van der Waals surface area contributed by atoms with E-state index in [0.29, 0.717) is 13.1 Å². The van der Waals surface area contributed by atoms with Crippen molar-refractivity contribution < 1.29 is 24.0 Å². The van der Waals surface area contributed by atoms with Crippen molar-refractivity contribution in [3.8, 4) is 0 Å². The monoisotopic (exact) mass is 336 g/mol. The van der Waals surface area contributed by atoms with Crippen molar-refractivity contribution in [2.45, 2.75) is 20.4 Å². The molecule has 7 heteroatoms. The number of hydrogen-bond donors (Lipinski definition) is 2. The number of carbonyl (C=O) groups excluding carboxylic acids is 3. The predicted octanol–water partition coefficient (Wildman–Crippen LogP) is -0.177. The molecule has 0 aliphatic carbocycles. The molecule has 132 valence electrons. The summed E-state index contributed by atoms with van der Waals surface area (Å²) in [5.74, 6) is -0.511. The van der Waals surface area contributed by atoms with Crippen LogP contribution >= 0.6 is 0 Å². The van der Waals surface area contributed by atoms with E-state index < -0.39 is 12.0 Å². The lowest BCUT2D eigenvalue weighted by Crippen LogP contribution is -3.14. The van der Waals surface area contributed by atoms with Crippen LogP contribution < -0.4 is 10.2 Å². The number of amides is 3. The average molecular weight is 336 g/mol. The molecule has 1 rings (SSSR count). The van der Waals surface area contributed by atoms with Gasteiger partial charge < -0.3 is 14.5 Å². The first-order chi connectivity index (χ1) is 11.5. The summed E-state index contributed by atoms with van der Waals surface area (Å²) in [6.07, 6.45) is -0.759. The first-order valence-corrected chi connectivity index (χ1v) is 8.04. The van der Waals surface area contributed by atoms with Gasteiger partial charge in [0.1, 0.15) is 0 Å². The third-order valence-corrected chi connectivity index (χ3v) is 3.52. The normalized spacial score (nSPS) is 11.5. The molecule has 24 heavy (non-hydrogen) atoms. The van der Waals surface area contributed by atoms with Crippen LogP contribution in [0, 0.1) is 0 Å². The van der Waals surface area contributed by atoms with Gasteiger partial charge in [-0.3, -0.25) is 14.9 Å². The largest absolute Gasteiger partial charge is 0.450 e. The van der Waals surface area contributed by atoms with Crippen molar-refractivity contribution in [1.29, 1.82) is 0 Å². The number of rotatable bonds is 8. The smallest absolute Gasteiger partial charge is 0.414 e. The zero-order chi connectivity index (χ0) is 17.9. The fourth-order valence-electron chi connectivity index (χ4n) is 2.16. The van der Waals surface area contributed by atoms with Crippen LogP contribution in [0.2, 0.25) is 0 Å². The molecule has 0 saturated heterocycles. The molecule has 0 heterocycles. The van der Waals surface area contributed by atoms with Crippen LogP contribution in [0.15, 0.2) is 30.3 Å². The summed E-state index contributed by atoms with van der Waals surface area (Å²) in [6, 6.07) is 9.70. The summed E-state index contributed by atoms with van der Waals surface area (Å²) in [4.78, 5) is 37.7. The number of quaternary nitrogens is 1. The van der Waals surface area contributed by atoms with Crippen LogP contribution in [0.4, 0.5) is 4.79 Å². The predicted molar refractivity (Wildman–Crippen MR) is 89.3 cm³/mol.